The zero-order valence-corrected chi connectivity index (χ0v) is 11.2. The fraction of sp³-hybridized carbons (Fsp3) is 0.294. The van der Waals surface area contributed by atoms with E-state index in [0.717, 1.165) is 19.4 Å². The number of aryl methyl sites for hydroxylation is 2. The van der Waals surface area contributed by atoms with Crippen LogP contribution in [0.3, 0.4) is 0 Å². The van der Waals surface area contributed by atoms with Gasteiger partial charge in [0.15, 0.2) is 0 Å². The van der Waals surface area contributed by atoms with E-state index in [0.29, 0.717) is 0 Å². The zero-order valence-electron chi connectivity index (χ0n) is 11.2. The van der Waals surface area contributed by atoms with Crippen LogP contribution in [0.5, 0.6) is 0 Å². The predicted molar refractivity (Wildman–Crippen MR) is 79.2 cm³/mol. The van der Waals surface area contributed by atoms with E-state index in [1.54, 1.807) is 0 Å². The first-order valence-electron chi connectivity index (χ1n) is 6.67. The summed E-state index contributed by atoms with van der Waals surface area (Å²) in [6.45, 7) is 5.36. The minimum absolute atomic E-state index is 0.988. The molecule has 0 atom stereocenters. The van der Waals surface area contributed by atoms with Gasteiger partial charge in [0.1, 0.15) is 0 Å². The molecule has 0 fully saturated rings. The summed E-state index contributed by atoms with van der Waals surface area (Å²) in [6, 6.07) is 17.1. The van der Waals surface area contributed by atoms with E-state index in [4.69, 9.17) is 0 Å². The van der Waals surface area contributed by atoms with Gasteiger partial charge in [0.2, 0.25) is 0 Å². The van der Waals surface area contributed by atoms with Gasteiger partial charge in [0.05, 0.1) is 0 Å². The molecule has 0 aliphatic rings. The molecule has 0 saturated carbocycles. The Morgan fingerprint density at radius 2 is 1.72 bits per heavy atom. The Morgan fingerprint density at radius 3 is 2.44 bits per heavy atom. The standard InChI is InChI=1S/C17H21N/c1-3-16-11-7-8-14(2)17(16)18-13-12-15-9-5-4-6-10-15/h4-11,18H,3,12-13H2,1-2H3. The quantitative estimate of drug-likeness (QED) is 0.824. The van der Waals surface area contributed by atoms with E-state index in [2.05, 4.69) is 67.7 Å². The number of nitrogens with one attached hydrogen (secondary N) is 1. The van der Waals surface area contributed by atoms with E-state index in [-0.39, 0.29) is 0 Å². The first-order chi connectivity index (χ1) is 8.81. The summed E-state index contributed by atoms with van der Waals surface area (Å²) >= 11 is 0. The molecule has 0 radical (unpaired) electrons. The van der Waals surface area contributed by atoms with Gasteiger partial charge in [-0.15, -0.1) is 0 Å². The number of benzene rings is 2. The van der Waals surface area contributed by atoms with E-state index in [1.807, 2.05) is 0 Å². The maximum Gasteiger partial charge on any atom is 0.0402 e. The molecule has 0 amide bonds. The molecule has 0 aliphatic carbocycles. The van der Waals surface area contributed by atoms with Crippen molar-refractivity contribution in [1.29, 1.82) is 0 Å². The maximum atomic E-state index is 3.58. The molecule has 0 unspecified atom stereocenters. The Hall–Kier alpha value is -1.76. The predicted octanol–water partition coefficient (Wildman–Crippen LogP) is 4.21. The van der Waals surface area contributed by atoms with Crippen LogP contribution in [-0.2, 0) is 12.8 Å². The first kappa shape index (κ1) is 12.7. The fourth-order valence-corrected chi connectivity index (χ4v) is 2.25. The van der Waals surface area contributed by atoms with E-state index in [9.17, 15) is 0 Å². The summed E-state index contributed by atoms with van der Waals surface area (Å²) in [5.41, 5.74) is 5.44. The molecular formula is C17H21N. The topological polar surface area (TPSA) is 12.0 Å². The van der Waals surface area contributed by atoms with E-state index >= 15 is 0 Å². The molecule has 2 aromatic rings. The van der Waals surface area contributed by atoms with Crippen molar-refractivity contribution in [2.75, 3.05) is 11.9 Å². The first-order valence-corrected chi connectivity index (χ1v) is 6.67. The highest BCUT2D eigenvalue weighted by molar-refractivity contribution is 5.57. The molecule has 0 bridgehead atoms. The van der Waals surface area contributed by atoms with Crippen LogP contribution in [0.25, 0.3) is 0 Å². The van der Waals surface area contributed by atoms with Crippen molar-refractivity contribution in [2.24, 2.45) is 0 Å². The molecule has 1 heteroatoms. The van der Waals surface area contributed by atoms with Crippen molar-refractivity contribution in [3.05, 3.63) is 65.2 Å². The average molecular weight is 239 g/mol. The minimum atomic E-state index is 0.988. The Morgan fingerprint density at radius 1 is 0.944 bits per heavy atom. The van der Waals surface area contributed by atoms with Crippen LogP contribution in [0.15, 0.2) is 48.5 Å². The van der Waals surface area contributed by atoms with Gasteiger partial charge in [-0.1, -0.05) is 55.5 Å². The van der Waals surface area contributed by atoms with Crippen molar-refractivity contribution in [3.8, 4) is 0 Å². The number of anilines is 1. The van der Waals surface area contributed by atoms with E-state index < -0.39 is 0 Å². The van der Waals surface area contributed by atoms with Crippen LogP contribution >= 0.6 is 0 Å². The Kier molecular flexibility index (Phi) is 4.40. The van der Waals surface area contributed by atoms with Crippen LogP contribution in [0.1, 0.15) is 23.6 Å². The summed E-state index contributed by atoms with van der Waals surface area (Å²) < 4.78 is 0. The SMILES string of the molecule is CCc1cccc(C)c1NCCc1ccccc1. The summed E-state index contributed by atoms with van der Waals surface area (Å²) in [6.07, 6.45) is 2.15. The molecule has 2 rings (SSSR count). The van der Waals surface area contributed by atoms with Crippen LogP contribution in [-0.4, -0.2) is 6.54 Å². The molecule has 1 N–H and O–H groups in total. The second-order valence-electron chi connectivity index (χ2n) is 4.62. The molecule has 94 valence electrons. The van der Waals surface area contributed by atoms with Gasteiger partial charge in [-0.3, -0.25) is 0 Å². The molecule has 1 nitrogen and oxygen atoms in total. The van der Waals surface area contributed by atoms with Gasteiger partial charge in [-0.25, -0.2) is 0 Å². The fourth-order valence-electron chi connectivity index (χ4n) is 2.25. The van der Waals surface area contributed by atoms with Crippen LogP contribution < -0.4 is 5.32 Å². The summed E-state index contributed by atoms with van der Waals surface area (Å²) in [5.74, 6) is 0. The highest BCUT2D eigenvalue weighted by Gasteiger charge is 2.02. The summed E-state index contributed by atoms with van der Waals surface area (Å²) in [5, 5.41) is 3.58. The summed E-state index contributed by atoms with van der Waals surface area (Å²) in [4.78, 5) is 0. The Labute approximate surface area is 110 Å². The van der Waals surface area contributed by atoms with Gasteiger partial charge in [0, 0.05) is 12.2 Å². The summed E-state index contributed by atoms with van der Waals surface area (Å²) in [7, 11) is 0. The number of hydrogen-bond acceptors (Lipinski definition) is 1. The second kappa shape index (κ2) is 6.25. The van der Waals surface area contributed by atoms with Gasteiger partial charge in [-0.05, 0) is 36.5 Å². The van der Waals surface area contributed by atoms with Crippen molar-refractivity contribution in [1.82, 2.24) is 0 Å². The highest BCUT2D eigenvalue weighted by atomic mass is 14.9. The lowest BCUT2D eigenvalue weighted by atomic mass is 10.1. The Balaban J connectivity index is 1.98. The molecule has 0 spiro atoms. The lowest BCUT2D eigenvalue weighted by Gasteiger charge is -2.14. The largest absolute Gasteiger partial charge is 0.384 e. The second-order valence-corrected chi connectivity index (χ2v) is 4.62. The number of rotatable bonds is 5. The lowest BCUT2D eigenvalue weighted by molar-refractivity contribution is 1.00. The van der Waals surface area contributed by atoms with Crippen molar-refractivity contribution in [3.63, 3.8) is 0 Å². The van der Waals surface area contributed by atoms with Crippen LogP contribution in [0, 0.1) is 6.92 Å². The normalized spacial score (nSPS) is 10.3. The number of para-hydroxylation sites is 1. The number of hydrogen-bond donors (Lipinski definition) is 1. The van der Waals surface area contributed by atoms with Gasteiger partial charge >= 0.3 is 0 Å². The van der Waals surface area contributed by atoms with Crippen molar-refractivity contribution < 1.29 is 0 Å². The zero-order chi connectivity index (χ0) is 12.8. The molecule has 18 heavy (non-hydrogen) atoms. The molecular weight excluding hydrogens is 218 g/mol. The minimum Gasteiger partial charge on any atom is -0.384 e. The van der Waals surface area contributed by atoms with Gasteiger partial charge in [-0.2, -0.15) is 0 Å². The van der Waals surface area contributed by atoms with Crippen molar-refractivity contribution in [2.45, 2.75) is 26.7 Å². The third-order valence-corrected chi connectivity index (χ3v) is 3.30. The third-order valence-electron chi connectivity index (χ3n) is 3.30. The maximum absolute atomic E-state index is 3.58. The van der Waals surface area contributed by atoms with Crippen molar-refractivity contribution >= 4 is 5.69 Å². The van der Waals surface area contributed by atoms with E-state index in [1.165, 1.54) is 22.4 Å². The molecule has 0 aromatic heterocycles. The lowest BCUT2D eigenvalue weighted by Crippen LogP contribution is -2.08. The smallest absolute Gasteiger partial charge is 0.0402 e. The molecule has 2 aromatic carbocycles. The monoisotopic (exact) mass is 239 g/mol. The average Bonchev–Trinajstić information content (AvgIpc) is 2.41. The highest BCUT2D eigenvalue weighted by Crippen LogP contribution is 2.20. The van der Waals surface area contributed by atoms with Crippen LogP contribution in [0.2, 0.25) is 0 Å². The Bertz CT molecular complexity index is 488. The molecule has 0 aliphatic heterocycles. The third kappa shape index (κ3) is 3.13. The van der Waals surface area contributed by atoms with Gasteiger partial charge < -0.3 is 5.32 Å². The van der Waals surface area contributed by atoms with Gasteiger partial charge in [0.25, 0.3) is 0 Å². The van der Waals surface area contributed by atoms with Crippen LogP contribution in [0.4, 0.5) is 5.69 Å². The molecule has 0 heterocycles. The molecule has 0 saturated heterocycles.